The Balaban J connectivity index is 1.18. The molecule has 2 saturated carbocycles. The van der Waals surface area contributed by atoms with Crippen LogP contribution in [0.4, 0.5) is 0 Å². The molecule has 1 heterocycles. The second kappa shape index (κ2) is 7.90. The Morgan fingerprint density at radius 2 is 1.83 bits per heavy atom. The number of carbonyl (C=O) groups is 1. The third-order valence-electron chi connectivity index (χ3n) is 5.88. The Morgan fingerprint density at radius 1 is 1.00 bits per heavy atom. The van der Waals surface area contributed by atoms with Gasteiger partial charge in [-0.3, -0.25) is 4.79 Å². The molecule has 0 atom stereocenters. The Kier molecular flexibility index (Phi) is 4.96. The fourth-order valence-corrected chi connectivity index (χ4v) is 3.96. The first kappa shape index (κ1) is 18.2. The number of ether oxygens (including phenoxy) is 2. The van der Waals surface area contributed by atoms with E-state index in [1.165, 1.54) is 12.8 Å². The van der Waals surface area contributed by atoms with Crippen LogP contribution in [0.3, 0.4) is 0 Å². The minimum atomic E-state index is 0.205. The number of aldehydes is 1. The molecular weight excluding hydrogens is 366 g/mol. The van der Waals surface area contributed by atoms with Crippen molar-refractivity contribution in [2.75, 3.05) is 6.61 Å². The average Bonchev–Trinajstić information content (AvgIpc) is 3.49. The second-order valence-electron chi connectivity index (χ2n) is 8.22. The van der Waals surface area contributed by atoms with Crippen LogP contribution in [0, 0.1) is 5.92 Å². The lowest BCUT2D eigenvalue weighted by molar-refractivity contribution is 0.112. The topological polar surface area (TPSA) is 61.6 Å². The Bertz CT molecular complexity index is 999. The van der Waals surface area contributed by atoms with Crippen molar-refractivity contribution in [2.45, 2.75) is 50.5 Å². The van der Waals surface area contributed by atoms with Gasteiger partial charge in [0.15, 0.2) is 11.5 Å². The van der Waals surface area contributed by atoms with Crippen molar-refractivity contribution >= 4 is 17.4 Å². The van der Waals surface area contributed by atoms with E-state index in [0.29, 0.717) is 17.1 Å². The van der Waals surface area contributed by atoms with Gasteiger partial charge in [-0.05, 0) is 74.8 Å². The van der Waals surface area contributed by atoms with Crippen molar-refractivity contribution in [1.82, 2.24) is 4.98 Å². The summed E-state index contributed by atoms with van der Waals surface area (Å²) < 4.78 is 18.0. The Labute approximate surface area is 170 Å². The quantitative estimate of drug-likeness (QED) is 0.495. The van der Waals surface area contributed by atoms with E-state index in [-0.39, 0.29) is 6.10 Å². The standard InChI is InChI=1S/C24H25NO4/c26-14-17-6-11-22-23(12-17)29-24(25-22)18-7-9-19(10-8-18)28-21-3-1-2-20(13-21)27-15-16-4-5-16/h1-3,6,11-14,16,18-19H,4-5,7-10,15H2. The van der Waals surface area contributed by atoms with Crippen molar-refractivity contribution in [3.63, 3.8) is 0 Å². The van der Waals surface area contributed by atoms with Crippen LogP contribution in [0.15, 0.2) is 46.9 Å². The highest BCUT2D eigenvalue weighted by molar-refractivity contribution is 5.83. The van der Waals surface area contributed by atoms with Crippen LogP contribution in [0.2, 0.25) is 0 Å². The van der Waals surface area contributed by atoms with Gasteiger partial charge in [0, 0.05) is 17.5 Å². The number of hydrogen-bond donors (Lipinski definition) is 0. The number of aromatic nitrogens is 1. The average molecular weight is 391 g/mol. The summed E-state index contributed by atoms with van der Waals surface area (Å²) in [5.41, 5.74) is 2.11. The molecule has 0 saturated heterocycles. The van der Waals surface area contributed by atoms with Gasteiger partial charge in [-0.1, -0.05) is 6.07 Å². The predicted molar refractivity (Wildman–Crippen MR) is 110 cm³/mol. The minimum absolute atomic E-state index is 0.205. The highest BCUT2D eigenvalue weighted by Crippen LogP contribution is 2.36. The van der Waals surface area contributed by atoms with Gasteiger partial charge in [0.2, 0.25) is 0 Å². The van der Waals surface area contributed by atoms with E-state index in [1.807, 2.05) is 30.3 Å². The summed E-state index contributed by atoms with van der Waals surface area (Å²) in [6, 6.07) is 13.4. The molecule has 5 heteroatoms. The highest BCUT2D eigenvalue weighted by Gasteiger charge is 2.27. The lowest BCUT2D eigenvalue weighted by Crippen LogP contribution is -2.23. The van der Waals surface area contributed by atoms with E-state index >= 15 is 0 Å². The summed E-state index contributed by atoms with van der Waals surface area (Å²) in [7, 11) is 0. The van der Waals surface area contributed by atoms with E-state index in [0.717, 1.165) is 67.4 Å². The molecule has 0 aliphatic heterocycles. The minimum Gasteiger partial charge on any atom is -0.493 e. The highest BCUT2D eigenvalue weighted by atomic mass is 16.5. The zero-order valence-corrected chi connectivity index (χ0v) is 16.4. The van der Waals surface area contributed by atoms with Gasteiger partial charge >= 0.3 is 0 Å². The second-order valence-corrected chi connectivity index (χ2v) is 8.22. The maximum absolute atomic E-state index is 11.0. The maximum atomic E-state index is 11.0. The molecule has 0 amide bonds. The van der Waals surface area contributed by atoms with Crippen LogP contribution >= 0.6 is 0 Å². The third kappa shape index (κ3) is 4.29. The molecule has 1 aromatic heterocycles. The van der Waals surface area contributed by atoms with E-state index < -0.39 is 0 Å². The van der Waals surface area contributed by atoms with Gasteiger partial charge in [0.1, 0.15) is 23.3 Å². The van der Waals surface area contributed by atoms with Crippen molar-refractivity contribution in [3.8, 4) is 11.5 Å². The molecule has 0 radical (unpaired) electrons. The van der Waals surface area contributed by atoms with Crippen molar-refractivity contribution < 1.29 is 18.7 Å². The van der Waals surface area contributed by atoms with Crippen LogP contribution in [-0.2, 0) is 0 Å². The first-order chi connectivity index (χ1) is 14.3. The summed E-state index contributed by atoms with van der Waals surface area (Å²) in [5, 5.41) is 0. The number of hydrogen-bond acceptors (Lipinski definition) is 5. The summed E-state index contributed by atoms with van der Waals surface area (Å²) in [5.74, 6) is 3.59. The number of rotatable bonds is 7. The molecule has 150 valence electrons. The number of benzene rings is 2. The maximum Gasteiger partial charge on any atom is 0.198 e. The molecule has 2 aliphatic rings. The van der Waals surface area contributed by atoms with Gasteiger partial charge in [0.05, 0.1) is 12.7 Å². The van der Waals surface area contributed by atoms with Crippen molar-refractivity contribution in [1.29, 1.82) is 0 Å². The number of oxazole rings is 1. The van der Waals surface area contributed by atoms with Crippen molar-refractivity contribution in [3.05, 3.63) is 53.9 Å². The molecule has 2 aliphatic carbocycles. The number of fused-ring (bicyclic) bond motifs is 1. The van der Waals surface area contributed by atoms with Crippen LogP contribution < -0.4 is 9.47 Å². The smallest absolute Gasteiger partial charge is 0.198 e. The monoisotopic (exact) mass is 391 g/mol. The first-order valence-corrected chi connectivity index (χ1v) is 10.5. The fraction of sp³-hybridized carbons (Fsp3) is 0.417. The number of carbonyl (C=O) groups excluding carboxylic acids is 1. The fourth-order valence-electron chi connectivity index (χ4n) is 3.96. The van der Waals surface area contributed by atoms with E-state index in [2.05, 4.69) is 4.98 Å². The van der Waals surface area contributed by atoms with Crippen LogP contribution in [-0.4, -0.2) is 24.0 Å². The molecule has 5 nitrogen and oxygen atoms in total. The molecule has 2 aromatic carbocycles. The van der Waals surface area contributed by atoms with E-state index in [9.17, 15) is 4.79 Å². The molecule has 3 aromatic rings. The molecule has 2 fully saturated rings. The molecule has 29 heavy (non-hydrogen) atoms. The molecule has 0 N–H and O–H groups in total. The Hall–Kier alpha value is -2.82. The molecule has 5 rings (SSSR count). The summed E-state index contributed by atoms with van der Waals surface area (Å²) in [4.78, 5) is 15.6. The molecule has 0 bridgehead atoms. The lowest BCUT2D eigenvalue weighted by atomic mass is 9.87. The first-order valence-electron chi connectivity index (χ1n) is 10.5. The molecule has 0 unspecified atom stereocenters. The zero-order chi connectivity index (χ0) is 19.6. The lowest BCUT2D eigenvalue weighted by Gasteiger charge is -2.27. The summed E-state index contributed by atoms with van der Waals surface area (Å²) in [6.07, 6.45) is 7.51. The third-order valence-corrected chi connectivity index (χ3v) is 5.88. The number of nitrogens with zero attached hydrogens (tertiary/aromatic N) is 1. The van der Waals surface area contributed by atoms with Gasteiger partial charge in [0.25, 0.3) is 0 Å². The van der Waals surface area contributed by atoms with Gasteiger partial charge in [-0.2, -0.15) is 0 Å². The van der Waals surface area contributed by atoms with Gasteiger partial charge < -0.3 is 13.9 Å². The molecular formula is C24H25NO4. The van der Waals surface area contributed by atoms with Crippen LogP contribution in [0.1, 0.15) is 60.7 Å². The van der Waals surface area contributed by atoms with Crippen LogP contribution in [0.25, 0.3) is 11.1 Å². The van der Waals surface area contributed by atoms with E-state index in [4.69, 9.17) is 13.9 Å². The predicted octanol–water partition coefficient (Wildman–Crippen LogP) is 5.53. The summed E-state index contributed by atoms with van der Waals surface area (Å²) in [6.45, 7) is 0.813. The SMILES string of the molecule is O=Cc1ccc2nc(C3CCC(Oc4cccc(OCC5CC5)c4)CC3)oc2c1. The van der Waals surface area contributed by atoms with E-state index in [1.54, 1.807) is 12.1 Å². The normalized spacial score (nSPS) is 21.8. The van der Waals surface area contributed by atoms with Gasteiger partial charge in [-0.25, -0.2) is 4.98 Å². The largest absolute Gasteiger partial charge is 0.493 e. The van der Waals surface area contributed by atoms with Crippen molar-refractivity contribution in [2.24, 2.45) is 5.92 Å². The molecule has 0 spiro atoms. The van der Waals surface area contributed by atoms with Gasteiger partial charge in [-0.15, -0.1) is 0 Å². The van der Waals surface area contributed by atoms with Crippen LogP contribution in [0.5, 0.6) is 11.5 Å². The zero-order valence-electron chi connectivity index (χ0n) is 16.4. The summed E-state index contributed by atoms with van der Waals surface area (Å²) >= 11 is 0. The Morgan fingerprint density at radius 3 is 2.62 bits per heavy atom.